The number of aromatic nitrogens is 1. The van der Waals surface area contributed by atoms with Gasteiger partial charge in [0.05, 0.1) is 0 Å². The van der Waals surface area contributed by atoms with Crippen LogP contribution in [0.4, 0.5) is 4.39 Å². The van der Waals surface area contributed by atoms with E-state index in [1.54, 1.807) is 6.07 Å². The average Bonchev–Trinajstić information content (AvgIpc) is 2.39. The number of nitrogens with one attached hydrogen (secondary N) is 1. The predicted octanol–water partition coefficient (Wildman–Crippen LogP) is 2.42. The van der Waals surface area contributed by atoms with Crippen LogP contribution in [0, 0.1) is 5.82 Å². The topological polar surface area (TPSA) is 41.8 Å². The van der Waals surface area contributed by atoms with Crippen molar-refractivity contribution < 1.29 is 4.39 Å². The van der Waals surface area contributed by atoms with Crippen LogP contribution in [0.1, 0.15) is 5.56 Å². The Morgan fingerprint density at radius 2 is 2.23 bits per heavy atom. The maximum Gasteiger partial charge on any atom is 0.125 e. The normalized spacial score (nSPS) is 11.0. The zero-order valence-corrected chi connectivity index (χ0v) is 7.53. The Balaban J connectivity index is 2.79. The summed E-state index contributed by atoms with van der Waals surface area (Å²) >= 11 is 5.86. The highest BCUT2D eigenvalue weighted by molar-refractivity contribution is 6.31. The summed E-state index contributed by atoms with van der Waals surface area (Å²) in [5, 5.41) is 1.37. The third kappa shape index (κ3) is 1.30. The number of fused-ring (bicyclic) bond motifs is 1. The highest BCUT2D eigenvalue weighted by Gasteiger charge is 2.08. The molecule has 0 atom stereocenters. The van der Waals surface area contributed by atoms with Crippen molar-refractivity contribution in [2.45, 2.75) is 6.54 Å². The van der Waals surface area contributed by atoms with Crippen molar-refractivity contribution in [3.8, 4) is 0 Å². The number of hydrogen-bond acceptors (Lipinski definition) is 1. The zero-order valence-electron chi connectivity index (χ0n) is 6.77. The van der Waals surface area contributed by atoms with Gasteiger partial charge in [-0.05, 0) is 18.2 Å². The molecular formula is C9H8ClFN2. The standard InChI is InChI=1S/C9H8ClFN2/c10-9-7(4-12)6-2-1-5(11)3-8(6)13-9/h1-3,13H,4,12H2. The number of benzene rings is 1. The molecule has 0 fully saturated rings. The van der Waals surface area contributed by atoms with Gasteiger partial charge in [0.1, 0.15) is 11.0 Å². The van der Waals surface area contributed by atoms with Crippen LogP contribution in [0.25, 0.3) is 10.9 Å². The highest BCUT2D eigenvalue weighted by atomic mass is 35.5. The van der Waals surface area contributed by atoms with Crippen molar-refractivity contribution >= 4 is 22.5 Å². The van der Waals surface area contributed by atoms with Gasteiger partial charge >= 0.3 is 0 Å². The molecule has 13 heavy (non-hydrogen) atoms. The summed E-state index contributed by atoms with van der Waals surface area (Å²) in [4.78, 5) is 2.86. The summed E-state index contributed by atoms with van der Waals surface area (Å²) in [6.45, 7) is 0.352. The molecule has 4 heteroatoms. The summed E-state index contributed by atoms with van der Waals surface area (Å²) in [6, 6.07) is 4.47. The van der Waals surface area contributed by atoms with Crippen LogP contribution in [-0.4, -0.2) is 4.98 Å². The molecule has 0 saturated heterocycles. The summed E-state index contributed by atoms with van der Waals surface area (Å²) in [5.74, 6) is -0.283. The SMILES string of the molecule is NCc1c(Cl)[nH]c2cc(F)ccc12. The molecule has 1 heterocycles. The van der Waals surface area contributed by atoms with Crippen LogP contribution in [0.3, 0.4) is 0 Å². The van der Waals surface area contributed by atoms with Gasteiger partial charge in [0.15, 0.2) is 0 Å². The van der Waals surface area contributed by atoms with E-state index in [2.05, 4.69) is 4.98 Å². The van der Waals surface area contributed by atoms with Gasteiger partial charge in [0.2, 0.25) is 0 Å². The van der Waals surface area contributed by atoms with Gasteiger partial charge in [-0.15, -0.1) is 0 Å². The molecule has 0 aliphatic rings. The molecule has 0 amide bonds. The first kappa shape index (κ1) is 8.53. The van der Waals surface area contributed by atoms with Gasteiger partial charge in [-0.3, -0.25) is 0 Å². The van der Waals surface area contributed by atoms with Crippen molar-refractivity contribution in [2.24, 2.45) is 5.73 Å². The Labute approximate surface area is 79.5 Å². The molecule has 0 bridgehead atoms. The molecule has 0 aliphatic carbocycles. The second kappa shape index (κ2) is 3.01. The molecule has 0 unspecified atom stereocenters. The van der Waals surface area contributed by atoms with Crippen LogP contribution >= 0.6 is 11.6 Å². The van der Waals surface area contributed by atoms with E-state index in [4.69, 9.17) is 17.3 Å². The lowest BCUT2D eigenvalue weighted by Gasteiger charge is -1.93. The van der Waals surface area contributed by atoms with Gasteiger partial charge in [-0.1, -0.05) is 11.6 Å². The van der Waals surface area contributed by atoms with E-state index in [0.717, 1.165) is 10.9 Å². The summed E-state index contributed by atoms with van der Waals surface area (Å²) in [7, 11) is 0. The van der Waals surface area contributed by atoms with E-state index in [1.807, 2.05) is 0 Å². The Kier molecular flexibility index (Phi) is 1.98. The third-order valence-electron chi connectivity index (χ3n) is 2.02. The molecular weight excluding hydrogens is 191 g/mol. The van der Waals surface area contributed by atoms with Crippen molar-refractivity contribution in [1.29, 1.82) is 0 Å². The maximum atomic E-state index is 12.8. The van der Waals surface area contributed by atoms with Crippen molar-refractivity contribution in [2.75, 3.05) is 0 Å². The van der Waals surface area contributed by atoms with Crippen LogP contribution in [0.5, 0.6) is 0 Å². The monoisotopic (exact) mass is 198 g/mol. The van der Waals surface area contributed by atoms with Crippen molar-refractivity contribution in [3.05, 3.63) is 34.7 Å². The highest BCUT2D eigenvalue weighted by Crippen LogP contribution is 2.25. The van der Waals surface area contributed by atoms with Crippen LogP contribution in [-0.2, 0) is 6.54 Å². The molecule has 0 saturated carbocycles. The lowest BCUT2D eigenvalue weighted by Crippen LogP contribution is -1.95. The van der Waals surface area contributed by atoms with Gasteiger partial charge in [-0.25, -0.2) is 4.39 Å². The van der Waals surface area contributed by atoms with E-state index in [9.17, 15) is 4.39 Å². The average molecular weight is 199 g/mol. The Morgan fingerprint density at radius 1 is 1.46 bits per heavy atom. The minimum atomic E-state index is -0.283. The van der Waals surface area contributed by atoms with Gasteiger partial charge in [-0.2, -0.15) is 0 Å². The fraction of sp³-hybridized carbons (Fsp3) is 0.111. The molecule has 68 valence electrons. The maximum absolute atomic E-state index is 12.8. The second-order valence-electron chi connectivity index (χ2n) is 2.81. The second-order valence-corrected chi connectivity index (χ2v) is 3.19. The Bertz CT molecular complexity index is 450. The molecule has 0 radical (unpaired) electrons. The number of halogens is 2. The molecule has 2 nitrogen and oxygen atoms in total. The van der Waals surface area contributed by atoms with E-state index in [0.29, 0.717) is 17.2 Å². The Hall–Kier alpha value is -1.06. The van der Waals surface area contributed by atoms with E-state index >= 15 is 0 Å². The fourth-order valence-electron chi connectivity index (χ4n) is 1.39. The lowest BCUT2D eigenvalue weighted by molar-refractivity contribution is 0.629. The Morgan fingerprint density at radius 3 is 2.92 bits per heavy atom. The molecule has 1 aromatic carbocycles. The van der Waals surface area contributed by atoms with E-state index in [-0.39, 0.29) is 5.82 Å². The van der Waals surface area contributed by atoms with Gasteiger partial charge in [0, 0.05) is 23.0 Å². The van der Waals surface area contributed by atoms with E-state index < -0.39 is 0 Å². The smallest absolute Gasteiger partial charge is 0.125 e. The van der Waals surface area contributed by atoms with Crippen LogP contribution in [0.2, 0.25) is 5.15 Å². The fourth-order valence-corrected chi connectivity index (χ4v) is 1.68. The van der Waals surface area contributed by atoms with Crippen molar-refractivity contribution in [3.63, 3.8) is 0 Å². The number of nitrogens with two attached hydrogens (primary N) is 1. The first-order valence-electron chi connectivity index (χ1n) is 3.88. The molecule has 0 aliphatic heterocycles. The first-order valence-corrected chi connectivity index (χ1v) is 4.26. The molecule has 3 N–H and O–H groups in total. The molecule has 2 rings (SSSR count). The van der Waals surface area contributed by atoms with Crippen LogP contribution in [0.15, 0.2) is 18.2 Å². The summed E-state index contributed by atoms with van der Waals surface area (Å²) < 4.78 is 12.8. The molecule has 1 aromatic heterocycles. The minimum Gasteiger partial charge on any atom is -0.345 e. The predicted molar refractivity (Wildman–Crippen MR) is 51.2 cm³/mol. The lowest BCUT2D eigenvalue weighted by atomic mass is 10.2. The third-order valence-corrected chi connectivity index (χ3v) is 2.34. The first-order chi connectivity index (χ1) is 6.22. The van der Waals surface area contributed by atoms with E-state index in [1.165, 1.54) is 12.1 Å². The van der Waals surface area contributed by atoms with Gasteiger partial charge < -0.3 is 10.7 Å². The zero-order chi connectivity index (χ0) is 9.42. The summed E-state index contributed by atoms with van der Waals surface area (Å²) in [6.07, 6.45) is 0. The minimum absolute atomic E-state index is 0.283. The number of hydrogen-bond donors (Lipinski definition) is 2. The quantitative estimate of drug-likeness (QED) is 0.726. The number of rotatable bonds is 1. The van der Waals surface area contributed by atoms with Crippen LogP contribution < -0.4 is 5.73 Å². The largest absolute Gasteiger partial charge is 0.345 e. The molecule has 0 spiro atoms. The molecule has 2 aromatic rings. The van der Waals surface area contributed by atoms with Gasteiger partial charge in [0.25, 0.3) is 0 Å². The summed E-state index contributed by atoms with van der Waals surface area (Å²) in [5.41, 5.74) is 7.02. The number of H-pyrrole nitrogens is 1. The number of aromatic amines is 1. The van der Waals surface area contributed by atoms with Crippen molar-refractivity contribution in [1.82, 2.24) is 4.98 Å².